The zero-order valence-corrected chi connectivity index (χ0v) is 14.8. The van der Waals surface area contributed by atoms with Crippen molar-refractivity contribution in [1.29, 1.82) is 0 Å². The Morgan fingerprint density at radius 3 is 2.86 bits per heavy atom. The van der Waals surface area contributed by atoms with Crippen molar-refractivity contribution in [1.82, 2.24) is 10.2 Å². The number of hydrogen-bond donors (Lipinski definition) is 2. The van der Waals surface area contributed by atoms with Crippen LogP contribution in [0.15, 0.2) is 29.6 Å². The Morgan fingerprint density at radius 1 is 1.38 bits per heavy atom. The highest BCUT2D eigenvalue weighted by Gasteiger charge is 2.21. The molecule has 0 aliphatic carbocycles. The van der Waals surface area contributed by atoms with Crippen molar-refractivity contribution < 1.29 is 4.79 Å². The van der Waals surface area contributed by atoms with Crippen LogP contribution in [0.3, 0.4) is 0 Å². The fourth-order valence-electron chi connectivity index (χ4n) is 2.58. The molecule has 1 aromatic carbocycles. The van der Waals surface area contributed by atoms with Gasteiger partial charge < -0.3 is 15.5 Å². The largest absolute Gasteiger partial charge is 0.323 e. The van der Waals surface area contributed by atoms with Gasteiger partial charge in [-0.25, -0.2) is 4.79 Å². The predicted octanol–water partition coefficient (Wildman–Crippen LogP) is 3.64. The summed E-state index contributed by atoms with van der Waals surface area (Å²) in [5, 5.41) is 8.47. The Balaban J connectivity index is 1.95. The third-order valence-corrected chi connectivity index (χ3v) is 5.48. The molecule has 1 unspecified atom stereocenters. The molecule has 1 aliphatic rings. The van der Waals surface area contributed by atoms with Crippen LogP contribution in [-0.4, -0.2) is 25.0 Å². The van der Waals surface area contributed by atoms with Crippen molar-refractivity contribution in [3.8, 4) is 0 Å². The Bertz CT molecular complexity index is 685. The van der Waals surface area contributed by atoms with E-state index in [0.717, 1.165) is 11.3 Å². The molecule has 6 heteroatoms. The first-order valence-corrected chi connectivity index (χ1v) is 8.60. The molecule has 3 rings (SSSR count). The molecule has 0 saturated heterocycles. The summed E-state index contributed by atoms with van der Waals surface area (Å²) in [6.07, 6.45) is 0. The lowest BCUT2D eigenvalue weighted by molar-refractivity contribution is 0.218. The Kier molecular flexibility index (Phi) is 4.19. The van der Waals surface area contributed by atoms with E-state index in [-0.39, 0.29) is 12.1 Å². The van der Waals surface area contributed by atoms with Crippen molar-refractivity contribution in [3.05, 3.63) is 49.2 Å². The molecule has 110 valence electrons. The number of hydrogen-bond acceptors (Lipinski definition) is 3. The number of nitrogens with one attached hydrogen (secondary N) is 2. The summed E-state index contributed by atoms with van der Waals surface area (Å²) in [7, 11) is 3.78. The van der Waals surface area contributed by atoms with Crippen molar-refractivity contribution in [3.63, 3.8) is 0 Å². The second-order valence-corrected chi connectivity index (χ2v) is 7.91. The molecule has 0 radical (unpaired) electrons. The molecule has 0 saturated carbocycles. The van der Waals surface area contributed by atoms with E-state index in [4.69, 9.17) is 0 Å². The van der Waals surface area contributed by atoms with E-state index in [2.05, 4.69) is 56.8 Å². The third-order valence-electron chi connectivity index (χ3n) is 3.67. The number of anilines is 1. The SMILES string of the molecule is CNC(c1csc(I)c1)c1ccc2c(c1)CN(C)C(=O)N2. The van der Waals surface area contributed by atoms with Crippen molar-refractivity contribution in [2.75, 3.05) is 19.4 Å². The summed E-state index contributed by atoms with van der Waals surface area (Å²) in [6, 6.07) is 8.59. The quantitative estimate of drug-likeness (QED) is 0.755. The van der Waals surface area contributed by atoms with Crippen molar-refractivity contribution >= 4 is 45.6 Å². The number of urea groups is 1. The molecule has 0 bridgehead atoms. The van der Waals surface area contributed by atoms with Crippen LogP contribution in [0, 0.1) is 2.88 Å². The maximum absolute atomic E-state index is 11.7. The molecule has 0 fully saturated rings. The molecule has 2 heterocycles. The molecule has 1 atom stereocenters. The Morgan fingerprint density at radius 2 is 2.19 bits per heavy atom. The molecular weight excluding hydrogens is 397 g/mol. The second kappa shape index (κ2) is 5.94. The second-order valence-electron chi connectivity index (χ2n) is 5.11. The smallest absolute Gasteiger partial charge is 0.321 e. The third kappa shape index (κ3) is 2.93. The van der Waals surface area contributed by atoms with E-state index in [1.54, 1.807) is 16.2 Å². The van der Waals surface area contributed by atoms with Gasteiger partial charge in [0.25, 0.3) is 0 Å². The van der Waals surface area contributed by atoms with Gasteiger partial charge in [-0.3, -0.25) is 0 Å². The highest BCUT2D eigenvalue weighted by Crippen LogP contribution is 2.31. The molecule has 4 nitrogen and oxygen atoms in total. The van der Waals surface area contributed by atoms with Crippen LogP contribution < -0.4 is 10.6 Å². The molecule has 2 amide bonds. The summed E-state index contributed by atoms with van der Waals surface area (Å²) in [5.74, 6) is 0. The Hall–Kier alpha value is -1.12. The lowest BCUT2D eigenvalue weighted by Crippen LogP contribution is -2.35. The number of benzene rings is 1. The van der Waals surface area contributed by atoms with E-state index in [1.165, 1.54) is 14.0 Å². The summed E-state index contributed by atoms with van der Waals surface area (Å²) >= 11 is 4.10. The molecule has 1 aliphatic heterocycles. The average Bonchev–Trinajstić information content (AvgIpc) is 2.87. The van der Waals surface area contributed by atoms with E-state index < -0.39 is 0 Å². The van der Waals surface area contributed by atoms with Crippen LogP contribution in [0.2, 0.25) is 0 Å². The standard InChI is InChI=1S/C15H16IN3OS/c1-17-14(11-6-13(16)21-8-11)9-3-4-12-10(5-9)7-19(2)15(20)18-12/h3-6,8,14,17H,7H2,1-2H3,(H,18,20). The minimum Gasteiger partial charge on any atom is -0.323 e. The first-order valence-electron chi connectivity index (χ1n) is 6.64. The number of amides is 2. The highest BCUT2D eigenvalue weighted by molar-refractivity contribution is 14.1. The maximum atomic E-state index is 11.7. The molecular formula is C15H16IN3OS. The lowest BCUT2D eigenvalue weighted by Gasteiger charge is -2.27. The number of carbonyl (C=O) groups excluding carboxylic acids is 1. The van der Waals surface area contributed by atoms with Gasteiger partial charge in [-0.2, -0.15) is 0 Å². The van der Waals surface area contributed by atoms with Gasteiger partial charge in [0.2, 0.25) is 0 Å². The minimum absolute atomic E-state index is 0.0483. The van der Waals surface area contributed by atoms with Crippen LogP contribution in [-0.2, 0) is 6.54 Å². The predicted molar refractivity (Wildman–Crippen MR) is 94.9 cm³/mol. The average molecular weight is 413 g/mol. The number of rotatable bonds is 3. The topological polar surface area (TPSA) is 44.4 Å². The van der Waals surface area contributed by atoms with Crippen LogP contribution in [0.4, 0.5) is 10.5 Å². The van der Waals surface area contributed by atoms with Gasteiger partial charge in [0.15, 0.2) is 0 Å². The number of carbonyl (C=O) groups is 1. The highest BCUT2D eigenvalue weighted by atomic mass is 127. The number of halogens is 1. The van der Waals surface area contributed by atoms with E-state index in [0.29, 0.717) is 6.54 Å². The molecule has 2 N–H and O–H groups in total. The molecule has 1 aromatic heterocycles. The number of thiophene rings is 1. The Labute approximate surface area is 141 Å². The van der Waals surface area contributed by atoms with Gasteiger partial charge in [0, 0.05) is 19.3 Å². The van der Waals surface area contributed by atoms with Crippen molar-refractivity contribution in [2.45, 2.75) is 12.6 Å². The van der Waals surface area contributed by atoms with Gasteiger partial charge in [0.1, 0.15) is 0 Å². The first kappa shape index (κ1) is 14.8. The van der Waals surface area contributed by atoms with Gasteiger partial charge in [0.05, 0.1) is 8.93 Å². The van der Waals surface area contributed by atoms with Gasteiger partial charge in [-0.15, -0.1) is 11.3 Å². The number of nitrogens with zero attached hydrogens (tertiary/aromatic N) is 1. The van der Waals surface area contributed by atoms with Crippen LogP contribution in [0.25, 0.3) is 0 Å². The van der Waals surface area contributed by atoms with E-state index >= 15 is 0 Å². The minimum atomic E-state index is -0.0483. The summed E-state index contributed by atoms with van der Waals surface area (Å²) in [5.41, 5.74) is 4.56. The molecule has 2 aromatic rings. The van der Waals surface area contributed by atoms with E-state index in [9.17, 15) is 4.79 Å². The normalized spacial score (nSPS) is 15.6. The fourth-order valence-corrected chi connectivity index (χ4v) is 3.98. The summed E-state index contributed by atoms with van der Waals surface area (Å²) < 4.78 is 1.29. The van der Waals surface area contributed by atoms with Gasteiger partial charge in [-0.1, -0.05) is 12.1 Å². The monoisotopic (exact) mass is 413 g/mol. The van der Waals surface area contributed by atoms with Crippen LogP contribution >= 0.6 is 33.9 Å². The zero-order valence-electron chi connectivity index (χ0n) is 11.8. The van der Waals surface area contributed by atoms with Crippen LogP contribution in [0.5, 0.6) is 0 Å². The summed E-state index contributed by atoms with van der Waals surface area (Å²) in [6.45, 7) is 0.645. The molecule has 21 heavy (non-hydrogen) atoms. The van der Waals surface area contributed by atoms with Gasteiger partial charge >= 0.3 is 6.03 Å². The zero-order chi connectivity index (χ0) is 15.0. The first-order chi connectivity index (χ1) is 10.1. The summed E-state index contributed by atoms with van der Waals surface area (Å²) in [4.78, 5) is 13.3. The van der Waals surface area contributed by atoms with Crippen LogP contribution in [0.1, 0.15) is 22.7 Å². The van der Waals surface area contributed by atoms with Gasteiger partial charge in [-0.05, 0) is 63.8 Å². The fraction of sp³-hybridized carbons (Fsp3) is 0.267. The van der Waals surface area contributed by atoms with Crippen molar-refractivity contribution in [2.24, 2.45) is 0 Å². The number of fused-ring (bicyclic) bond motifs is 1. The maximum Gasteiger partial charge on any atom is 0.321 e. The molecule has 0 spiro atoms. The van der Waals surface area contributed by atoms with E-state index in [1.807, 2.05) is 20.2 Å². The lowest BCUT2D eigenvalue weighted by atomic mass is 9.97.